The molecule has 3 nitrogen and oxygen atoms in total. The molecule has 0 amide bonds. The summed E-state index contributed by atoms with van der Waals surface area (Å²) in [6.07, 6.45) is 3.51. The van der Waals surface area contributed by atoms with E-state index in [1.807, 2.05) is 0 Å². The molecule has 2 aliphatic rings. The van der Waals surface area contributed by atoms with Gasteiger partial charge in [-0.05, 0) is 19.3 Å². The first-order valence-electron chi connectivity index (χ1n) is 4.54. The van der Waals surface area contributed by atoms with Crippen LogP contribution in [-0.2, 0) is 14.3 Å². The Morgan fingerprint density at radius 1 is 1.17 bits per heavy atom. The van der Waals surface area contributed by atoms with Crippen LogP contribution < -0.4 is 0 Å². The minimum atomic E-state index is -0.00778. The van der Waals surface area contributed by atoms with Crippen LogP contribution in [0, 0.1) is 0 Å². The number of ketones is 1. The fourth-order valence-corrected chi connectivity index (χ4v) is 1.88. The molecule has 1 spiro atoms. The lowest BCUT2D eigenvalue weighted by molar-refractivity contribution is -0.157. The summed E-state index contributed by atoms with van der Waals surface area (Å²) in [6, 6.07) is 0. The number of carbonyl (C=O) groups excluding carboxylic acids is 1. The minimum Gasteiger partial charge on any atom is -0.381 e. The van der Waals surface area contributed by atoms with E-state index in [0.29, 0.717) is 13.0 Å². The van der Waals surface area contributed by atoms with Gasteiger partial charge in [0.1, 0.15) is 6.61 Å². The Labute approximate surface area is 72.0 Å². The van der Waals surface area contributed by atoms with E-state index in [2.05, 4.69) is 0 Å². The summed E-state index contributed by atoms with van der Waals surface area (Å²) in [5.41, 5.74) is -0.00778. The lowest BCUT2D eigenvalue weighted by atomic mass is 9.86. The molecule has 68 valence electrons. The quantitative estimate of drug-likeness (QED) is 0.542. The van der Waals surface area contributed by atoms with Crippen molar-refractivity contribution in [2.45, 2.75) is 31.3 Å². The Hall–Kier alpha value is -0.410. The number of hydrogen-bond acceptors (Lipinski definition) is 3. The molecule has 2 fully saturated rings. The minimum absolute atomic E-state index is 0.00778. The van der Waals surface area contributed by atoms with Crippen LogP contribution >= 0.6 is 0 Å². The Bertz CT molecular complexity index is 170. The zero-order chi connectivity index (χ0) is 8.44. The molecule has 0 N–H and O–H groups in total. The van der Waals surface area contributed by atoms with Crippen LogP contribution in [0.4, 0.5) is 0 Å². The normalized spacial score (nSPS) is 29.2. The van der Waals surface area contributed by atoms with E-state index in [0.717, 1.165) is 32.5 Å². The second-order valence-electron chi connectivity index (χ2n) is 3.62. The van der Waals surface area contributed by atoms with Gasteiger partial charge in [-0.15, -0.1) is 0 Å². The molecular formula is C9H14O3. The topological polar surface area (TPSA) is 35.5 Å². The first-order chi connectivity index (χ1) is 5.81. The first-order valence-corrected chi connectivity index (χ1v) is 4.54. The lowest BCUT2D eigenvalue weighted by Gasteiger charge is -2.39. The van der Waals surface area contributed by atoms with E-state index in [1.165, 1.54) is 0 Å². The van der Waals surface area contributed by atoms with E-state index in [-0.39, 0.29) is 11.4 Å². The zero-order valence-electron chi connectivity index (χ0n) is 7.17. The summed E-state index contributed by atoms with van der Waals surface area (Å²) in [4.78, 5) is 10.9. The maximum Gasteiger partial charge on any atom is 0.158 e. The third-order valence-electron chi connectivity index (χ3n) is 2.80. The average molecular weight is 170 g/mol. The molecular weight excluding hydrogens is 156 g/mol. The molecule has 0 atom stereocenters. The molecule has 2 saturated heterocycles. The van der Waals surface area contributed by atoms with Gasteiger partial charge in [-0.3, -0.25) is 4.79 Å². The van der Waals surface area contributed by atoms with E-state index < -0.39 is 0 Å². The van der Waals surface area contributed by atoms with Crippen molar-refractivity contribution < 1.29 is 14.3 Å². The molecule has 2 aliphatic heterocycles. The largest absolute Gasteiger partial charge is 0.381 e. The molecule has 2 rings (SSSR count). The number of carbonyl (C=O) groups is 1. The van der Waals surface area contributed by atoms with Gasteiger partial charge in [0.15, 0.2) is 5.78 Å². The van der Waals surface area contributed by atoms with E-state index in [4.69, 9.17) is 9.47 Å². The summed E-state index contributed by atoms with van der Waals surface area (Å²) in [5, 5.41) is 0. The van der Waals surface area contributed by atoms with Gasteiger partial charge in [0, 0.05) is 19.6 Å². The van der Waals surface area contributed by atoms with Crippen LogP contribution in [0.1, 0.15) is 25.7 Å². The molecule has 2 heterocycles. The van der Waals surface area contributed by atoms with Gasteiger partial charge in [-0.1, -0.05) is 0 Å². The Morgan fingerprint density at radius 3 is 2.50 bits per heavy atom. The number of Topliss-reactive ketones (excluding diaryl/α,β-unsaturated/α-hetero) is 1. The Kier molecular flexibility index (Phi) is 2.15. The second kappa shape index (κ2) is 3.15. The van der Waals surface area contributed by atoms with E-state index >= 15 is 0 Å². The highest BCUT2D eigenvalue weighted by molar-refractivity contribution is 5.80. The molecule has 0 aromatic carbocycles. The van der Waals surface area contributed by atoms with Gasteiger partial charge < -0.3 is 9.47 Å². The third kappa shape index (κ3) is 1.52. The molecule has 0 aromatic rings. The SMILES string of the molecule is O=C1CCC2(CCOCC2)OC1. The van der Waals surface area contributed by atoms with E-state index in [1.54, 1.807) is 0 Å². The van der Waals surface area contributed by atoms with Crippen LogP contribution in [0.25, 0.3) is 0 Å². The molecule has 0 radical (unpaired) electrons. The average Bonchev–Trinajstić information content (AvgIpc) is 2.13. The standard InChI is InChI=1S/C9H14O3/c10-8-1-2-9(12-7-8)3-5-11-6-4-9/h1-7H2. The van der Waals surface area contributed by atoms with Gasteiger partial charge in [0.25, 0.3) is 0 Å². The van der Waals surface area contributed by atoms with Gasteiger partial charge in [-0.2, -0.15) is 0 Å². The Balaban J connectivity index is 1.96. The van der Waals surface area contributed by atoms with Crippen molar-refractivity contribution in [1.29, 1.82) is 0 Å². The highest BCUT2D eigenvalue weighted by atomic mass is 16.5. The van der Waals surface area contributed by atoms with E-state index in [9.17, 15) is 4.79 Å². The monoisotopic (exact) mass is 170 g/mol. The first kappa shape index (κ1) is 8.20. The van der Waals surface area contributed by atoms with Crippen LogP contribution in [-0.4, -0.2) is 31.2 Å². The summed E-state index contributed by atoms with van der Waals surface area (Å²) >= 11 is 0. The molecule has 0 unspecified atom stereocenters. The van der Waals surface area contributed by atoms with Crippen molar-refractivity contribution in [2.24, 2.45) is 0 Å². The molecule has 3 heteroatoms. The highest BCUT2D eigenvalue weighted by Gasteiger charge is 2.37. The van der Waals surface area contributed by atoms with Crippen molar-refractivity contribution in [3.63, 3.8) is 0 Å². The lowest BCUT2D eigenvalue weighted by Crippen LogP contribution is -2.44. The maximum atomic E-state index is 10.9. The fraction of sp³-hybridized carbons (Fsp3) is 0.889. The van der Waals surface area contributed by atoms with Crippen molar-refractivity contribution in [3.05, 3.63) is 0 Å². The summed E-state index contributed by atoms with van der Waals surface area (Å²) in [5.74, 6) is 0.243. The van der Waals surface area contributed by atoms with Gasteiger partial charge in [-0.25, -0.2) is 0 Å². The third-order valence-corrected chi connectivity index (χ3v) is 2.80. The zero-order valence-corrected chi connectivity index (χ0v) is 7.17. The predicted molar refractivity (Wildman–Crippen MR) is 43.0 cm³/mol. The second-order valence-corrected chi connectivity index (χ2v) is 3.62. The van der Waals surface area contributed by atoms with Crippen LogP contribution in [0.2, 0.25) is 0 Å². The molecule has 12 heavy (non-hydrogen) atoms. The van der Waals surface area contributed by atoms with Crippen molar-refractivity contribution in [2.75, 3.05) is 19.8 Å². The fourth-order valence-electron chi connectivity index (χ4n) is 1.88. The Morgan fingerprint density at radius 2 is 1.92 bits per heavy atom. The van der Waals surface area contributed by atoms with Gasteiger partial charge >= 0.3 is 0 Å². The molecule has 0 saturated carbocycles. The number of hydrogen-bond donors (Lipinski definition) is 0. The summed E-state index contributed by atoms with van der Waals surface area (Å²) in [6.45, 7) is 1.89. The number of rotatable bonds is 0. The van der Waals surface area contributed by atoms with Crippen LogP contribution in [0.15, 0.2) is 0 Å². The van der Waals surface area contributed by atoms with Crippen molar-refractivity contribution in [3.8, 4) is 0 Å². The van der Waals surface area contributed by atoms with Crippen LogP contribution in [0.3, 0.4) is 0 Å². The smallest absolute Gasteiger partial charge is 0.158 e. The van der Waals surface area contributed by atoms with Crippen molar-refractivity contribution in [1.82, 2.24) is 0 Å². The van der Waals surface area contributed by atoms with Gasteiger partial charge in [0.05, 0.1) is 5.60 Å². The van der Waals surface area contributed by atoms with Gasteiger partial charge in [0.2, 0.25) is 0 Å². The van der Waals surface area contributed by atoms with Crippen molar-refractivity contribution >= 4 is 5.78 Å². The molecule has 0 bridgehead atoms. The number of ether oxygens (including phenoxy) is 2. The highest BCUT2D eigenvalue weighted by Crippen LogP contribution is 2.32. The maximum absolute atomic E-state index is 10.9. The molecule has 0 aromatic heterocycles. The van der Waals surface area contributed by atoms with Crippen LogP contribution in [0.5, 0.6) is 0 Å². The summed E-state index contributed by atoms with van der Waals surface area (Å²) in [7, 11) is 0. The predicted octanol–water partition coefficient (Wildman–Crippen LogP) is 0.915. The summed E-state index contributed by atoms with van der Waals surface area (Å²) < 4.78 is 10.8. The molecule has 0 aliphatic carbocycles.